The molecular weight excluding hydrogens is 582 g/mol. The van der Waals surface area contributed by atoms with Crippen molar-refractivity contribution < 1.29 is 29.3 Å². The van der Waals surface area contributed by atoms with Gasteiger partial charge in [-0.15, -0.1) is 0 Å². The van der Waals surface area contributed by atoms with Crippen LogP contribution in [0.4, 0.5) is 4.79 Å². The molecule has 1 aromatic heterocycles. The van der Waals surface area contributed by atoms with Crippen molar-refractivity contribution in [2.24, 2.45) is 5.92 Å². The van der Waals surface area contributed by atoms with Gasteiger partial charge in [-0.25, -0.2) is 4.79 Å². The van der Waals surface area contributed by atoms with Gasteiger partial charge in [0, 0.05) is 56.5 Å². The summed E-state index contributed by atoms with van der Waals surface area (Å²) in [6, 6.07) is 4.54. The number of hydrogen-bond acceptors (Lipinski definition) is 8. The van der Waals surface area contributed by atoms with Crippen LogP contribution in [0.5, 0.6) is 0 Å². The van der Waals surface area contributed by atoms with E-state index in [9.17, 15) is 19.8 Å². The van der Waals surface area contributed by atoms with Crippen LogP contribution in [-0.2, 0) is 14.3 Å². The maximum atomic E-state index is 13.4. The summed E-state index contributed by atoms with van der Waals surface area (Å²) in [4.78, 5) is 34.7. The molecule has 4 rings (SSSR count). The van der Waals surface area contributed by atoms with Gasteiger partial charge in [-0.3, -0.25) is 14.7 Å². The van der Waals surface area contributed by atoms with Gasteiger partial charge in [0.15, 0.2) is 6.10 Å². The van der Waals surface area contributed by atoms with Crippen LogP contribution < -0.4 is 0 Å². The van der Waals surface area contributed by atoms with Gasteiger partial charge in [0.2, 0.25) is 0 Å². The smallest absolute Gasteiger partial charge is 0.410 e. The van der Waals surface area contributed by atoms with Crippen molar-refractivity contribution in [1.29, 1.82) is 0 Å². The SMILES string of the molecule is C/C(=C\C=C\C(C)c1cccnc1)[C@H]1OC(=O)C[C@@H](O)CC[C@](C)(O)[C@@H](OC(=O)N2CCN(C3CCCCCC3)CC2)/C=C/[C@@H]1C. The number of aromatic nitrogens is 1. The maximum absolute atomic E-state index is 13.4. The summed E-state index contributed by atoms with van der Waals surface area (Å²) in [5.41, 5.74) is 0.490. The van der Waals surface area contributed by atoms with E-state index in [1.807, 2.05) is 50.4 Å². The van der Waals surface area contributed by atoms with Gasteiger partial charge < -0.3 is 24.6 Å². The number of carbonyl (C=O) groups is 2. The van der Waals surface area contributed by atoms with Crippen molar-refractivity contribution in [3.8, 4) is 0 Å². The van der Waals surface area contributed by atoms with E-state index < -0.39 is 36.0 Å². The van der Waals surface area contributed by atoms with Crippen molar-refractivity contribution in [3.05, 3.63) is 66.0 Å². The number of hydrogen-bond donors (Lipinski definition) is 2. The minimum absolute atomic E-state index is 0.149. The fourth-order valence-corrected chi connectivity index (χ4v) is 6.75. The fourth-order valence-electron chi connectivity index (χ4n) is 6.75. The molecule has 1 unspecified atom stereocenters. The van der Waals surface area contributed by atoms with E-state index in [4.69, 9.17) is 9.47 Å². The summed E-state index contributed by atoms with van der Waals surface area (Å²) in [6.07, 6.45) is 17.9. The Kier molecular flexibility index (Phi) is 13.4. The molecule has 254 valence electrons. The van der Waals surface area contributed by atoms with Crippen molar-refractivity contribution in [1.82, 2.24) is 14.8 Å². The third kappa shape index (κ3) is 10.5. The van der Waals surface area contributed by atoms with Crippen molar-refractivity contribution in [2.75, 3.05) is 26.2 Å². The van der Waals surface area contributed by atoms with Crippen LogP contribution in [0.2, 0.25) is 0 Å². The number of ether oxygens (including phenoxy) is 2. The van der Waals surface area contributed by atoms with Crippen LogP contribution in [0.25, 0.3) is 0 Å². The molecule has 6 atom stereocenters. The molecule has 0 aromatic carbocycles. The summed E-state index contributed by atoms with van der Waals surface area (Å²) >= 11 is 0. The first-order valence-electron chi connectivity index (χ1n) is 17.3. The number of rotatable bonds is 6. The third-order valence-corrected chi connectivity index (χ3v) is 9.88. The zero-order valence-corrected chi connectivity index (χ0v) is 28.2. The molecule has 2 N–H and O–H groups in total. The lowest BCUT2D eigenvalue weighted by atomic mass is 9.88. The zero-order valence-electron chi connectivity index (χ0n) is 28.2. The summed E-state index contributed by atoms with van der Waals surface area (Å²) in [6.45, 7) is 10.4. The molecule has 1 saturated heterocycles. The van der Waals surface area contributed by atoms with Crippen LogP contribution in [0, 0.1) is 5.92 Å². The second-order valence-corrected chi connectivity index (χ2v) is 13.8. The largest absolute Gasteiger partial charge is 0.457 e. The average molecular weight is 638 g/mol. The molecule has 2 fully saturated rings. The quantitative estimate of drug-likeness (QED) is 0.171. The molecule has 46 heavy (non-hydrogen) atoms. The van der Waals surface area contributed by atoms with E-state index in [0.717, 1.165) is 24.2 Å². The average Bonchev–Trinajstić information content (AvgIpc) is 3.34. The van der Waals surface area contributed by atoms with E-state index in [2.05, 4.69) is 22.9 Å². The molecule has 2 aliphatic heterocycles. The van der Waals surface area contributed by atoms with Crippen molar-refractivity contribution >= 4 is 12.1 Å². The van der Waals surface area contributed by atoms with Crippen molar-refractivity contribution in [2.45, 2.75) is 121 Å². The number of esters is 1. The van der Waals surface area contributed by atoms with E-state index in [-0.39, 0.29) is 31.1 Å². The Morgan fingerprint density at radius 2 is 1.85 bits per heavy atom. The first kappa shape index (κ1) is 35.8. The molecule has 3 aliphatic rings. The summed E-state index contributed by atoms with van der Waals surface area (Å²) in [7, 11) is 0. The van der Waals surface area contributed by atoms with E-state index >= 15 is 0 Å². The molecular formula is C37H55N3O6. The van der Waals surface area contributed by atoms with Gasteiger partial charge in [0.05, 0.1) is 12.5 Å². The van der Waals surface area contributed by atoms with Gasteiger partial charge in [0.25, 0.3) is 0 Å². The molecule has 0 spiro atoms. The molecule has 0 radical (unpaired) electrons. The molecule has 9 nitrogen and oxygen atoms in total. The van der Waals surface area contributed by atoms with Gasteiger partial charge in [0.1, 0.15) is 11.7 Å². The first-order chi connectivity index (χ1) is 22.0. The number of amides is 1. The van der Waals surface area contributed by atoms with E-state index in [0.29, 0.717) is 19.1 Å². The second-order valence-electron chi connectivity index (χ2n) is 13.8. The zero-order chi connectivity index (χ0) is 33.1. The highest BCUT2D eigenvalue weighted by Gasteiger charge is 2.37. The molecule has 1 saturated carbocycles. The predicted octanol–water partition coefficient (Wildman–Crippen LogP) is 5.93. The second kappa shape index (κ2) is 17.2. The highest BCUT2D eigenvalue weighted by Crippen LogP contribution is 2.28. The highest BCUT2D eigenvalue weighted by atomic mass is 16.6. The Morgan fingerprint density at radius 1 is 1.13 bits per heavy atom. The predicted molar refractivity (Wildman–Crippen MR) is 179 cm³/mol. The minimum Gasteiger partial charge on any atom is -0.457 e. The lowest BCUT2D eigenvalue weighted by Crippen LogP contribution is -2.53. The van der Waals surface area contributed by atoms with Crippen LogP contribution >= 0.6 is 0 Å². The molecule has 1 aliphatic carbocycles. The standard InChI is InChI=1S/C37H55N3O6/c1-27(30-13-10-20-38-26-30)11-9-12-28(2)35-29(3)16-17-33(37(4,44)19-18-32(41)25-34(42)46-35)45-36(43)40-23-21-39(22-24-40)31-14-7-5-6-8-15-31/h9-13,16-17,20,26-27,29,31-33,35,41,44H,5-8,14-15,18-19,21-25H2,1-4H3/b11-9+,17-16+,28-12+/t27?,29-,32-,33-,35+,37-/m0/s1. The van der Waals surface area contributed by atoms with E-state index in [1.165, 1.54) is 38.5 Å². The van der Waals surface area contributed by atoms with E-state index in [1.54, 1.807) is 24.1 Å². The first-order valence-corrected chi connectivity index (χ1v) is 17.3. The number of aliphatic hydroxyl groups excluding tert-OH is 1. The molecule has 1 amide bonds. The number of cyclic esters (lactones) is 1. The third-order valence-electron chi connectivity index (χ3n) is 9.88. The van der Waals surface area contributed by atoms with Gasteiger partial charge in [-0.1, -0.05) is 69.9 Å². The number of nitrogens with zero attached hydrogens (tertiary/aromatic N) is 3. The Morgan fingerprint density at radius 3 is 2.52 bits per heavy atom. The lowest BCUT2D eigenvalue weighted by Gasteiger charge is -2.40. The number of piperazine rings is 1. The molecule has 9 heteroatoms. The van der Waals surface area contributed by atoms with Gasteiger partial charge in [-0.05, 0) is 62.8 Å². The Hall–Kier alpha value is -3.01. The monoisotopic (exact) mass is 637 g/mol. The number of pyridine rings is 1. The Balaban J connectivity index is 1.45. The summed E-state index contributed by atoms with van der Waals surface area (Å²) < 4.78 is 11.9. The number of allylic oxidation sites excluding steroid dienone is 3. The number of carbonyl (C=O) groups excluding carboxylic acids is 2. The van der Waals surface area contributed by atoms with Crippen LogP contribution in [-0.4, -0.2) is 93.2 Å². The molecule has 1 aromatic rings. The lowest BCUT2D eigenvalue weighted by molar-refractivity contribution is -0.151. The molecule has 0 bridgehead atoms. The Bertz CT molecular complexity index is 1200. The molecule has 3 heterocycles. The summed E-state index contributed by atoms with van der Waals surface area (Å²) in [5, 5.41) is 22.1. The van der Waals surface area contributed by atoms with Gasteiger partial charge >= 0.3 is 12.1 Å². The Labute approximate surface area is 275 Å². The normalized spacial score (nSPS) is 31.3. The topological polar surface area (TPSA) is 112 Å². The number of aliphatic hydroxyl groups is 2. The van der Waals surface area contributed by atoms with Gasteiger partial charge in [-0.2, -0.15) is 0 Å². The van der Waals surface area contributed by atoms with Crippen LogP contribution in [0.3, 0.4) is 0 Å². The fraction of sp³-hybridized carbons (Fsp3) is 0.649. The maximum Gasteiger partial charge on any atom is 0.410 e. The summed E-state index contributed by atoms with van der Waals surface area (Å²) in [5.74, 6) is -0.632. The highest BCUT2D eigenvalue weighted by molar-refractivity contribution is 5.70. The minimum atomic E-state index is -1.44. The van der Waals surface area contributed by atoms with Crippen LogP contribution in [0.15, 0.2) is 60.5 Å². The van der Waals surface area contributed by atoms with Crippen molar-refractivity contribution in [3.63, 3.8) is 0 Å². The van der Waals surface area contributed by atoms with Crippen LogP contribution in [0.1, 0.15) is 97.0 Å².